The number of halogens is 4. The van der Waals surface area contributed by atoms with Crippen molar-refractivity contribution in [2.24, 2.45) is 0 Å². The predicted octanol–water partition coefficient (Wildman–Crippen LogP) is 3.52. The van der Waals surface area contributed by atoms with Crippen LogP contribution < -0.4 is 14.4 Å². The number of carbonyl (C=O) groups excluding carboxylic acids is 1. The number of benzene rings is 2. The Balaban J connectivity index is 2.19. The monoisotopic (exact) mass is 420 g/mol. The fourth-order valence-electron chi connectivity index (χ4n) is 2.41. The Morgan fingerprint density at radius 2 is 1.75 bits per heavy atom. The third-order valence-electron chi connectivity index (χ3n) is 3.51. The summed E-state index contributed by atoms with van der Waals surface area (Å²) in [5.74, 6) is -1.92. The first-order chi connectivity index (χ1) is 12.9. The van der Waals surface area contributed by atoms with Crippen LogP contribution in [0.4, 0.5) is 28.9 Å². The summed E-state index contributed by atoms with van der Waals surface area (Å²) in [7, 11) is -3.94. The summed E-state index contributed by atoms with van der Waals surface area (Å²) >= 11 is 0. The average Bonchev–Trinajstić information content (AvgIpc) is 2.54. The van der Waals surface area contributed by atoms with Crippen molar-refractivity contribution in [2.75, 3.05) is 15.9 Å². The molecule has 0 heterocycles. The highest BCUT2D eigenvalue weighted by molar-refractivity contribution is 7.92. The molecule has 0 spiro atoms. The molecule has 0 aliphatic carbocycles. The molecular formula is C17H16F4N2O4S. The van der Waals surface area contributed by atoms with Gasteiger partial charge in [0, 0.05) is 5.69 Å². The van der Waals surface area contributed by atoms with Crippen molar-refractivity contribution >= 4 is 27.3 Å². The van der Waals surface area contributed by atoms with Crippen LogP contribution in [0.3, 0.4) is 0 Å². The number of sulfonamides is 1. The van der Waals surface area contributed by atoms with E-state index in [2.05, 4.69) is 10.1 Å². The lowest BCUT2D eigenvalue weighted by molar-refractivity contribution is -0.274. The van der Waals surface area contributed by atoms with Crippen molar-refractivity contribution in [1.82, 2.24) is 0 Å². The zero-order valence-corrected chi connectivity index (χ0v) is 15.5. The van der Waals surface area contributed by atoms with Crippen LogP contribution in [0, 0.1) is 5.82 Å². The number of alkyl halides is 3. The van der Waals surface area contributed by atoms with Gasteiger partial charge >= 0.3 is 6.36 Å². The molecular weight excluding hydrogens is 404 g/mol. The Bertz CT molecular complexity index is 946. The van der Waals surface area contributed by atoms with E-state index < -0.39 is 39.9 Å². The summed E-state index contributed by atoms with van der Waals surface area (Å²) in [5.41, 5.74) is 0.0816. The number of nitrogens with zero attached hydrogens (tertiary/aromatic N) is 1. The van der Waals surface area contributed by atoms with Gasteiger partial charge in [-0.1, -0.05) is 6.07 Å². The van der Waals surface area contributed by atoms with Gasteiger partial charge in [0.2, 0.25) is 15.9 Å². The Labute approximate surface area is 158 Å². The van der Waals surface area contributed by atoms with Crippen molar-refractivity contribution in [1.29, 1.82) is 0 Å². The number of amides is 1. The molecule has 1 amide bonds. The van der Waals surface area contributed by atoms with E-state index in [0.717, 1.165) is 34.8 Å². The Morgan fingerprint density at radius 1 is 1.14 bits per heavy atom. The molecule has 0 saturated heterocycles. The predicted molar refractivity (Wildman–Crippen MR) is 94.9 cm³/mol. The summed E-state index contributed by atoms with van der Waals surface area (Å²) in [6.45, 7) is 1.29. The van der Waals surface area contributed by atoms with E-state index in [1.54, 1.807) is 0 Å². The average molecular weight is 420 g/mol. The van der Waals surface area contributed by atoms with Gasteiger partial charge in [-0.2, -0.15) is 0 Å². The van der Waals surface area contributed by atoms with E-state index in [1.807, 2.05) is 0 Å². The van der Waals surface area contributed by atoms with Crippen LogP contribution in [0.25, 0.3) is 0 Å². The quantitative estimate of drug-likeness (QED) is 0.726. The molecule has 0 saturated carbocycles. The van der Waals surface area contributed by atoms with Gasteiger partial charge < -0.3 is 10.1 Å². The number of ether oxygens (including phenoxy) is 1. The maximum absolute atomic E-state index is 13.5. The first kappa shape index (κ1) is 21.5. The fourth-order valence-corrected chi connectivity index (χ4v) is 3.58. The van der Waals surface area contributed by atoms with Gasteiger partial charge in [-0.05, 0) is 49.4 Å². The number of hydrogen-bond acceptors (Lipinski definition) is 4. The van der Waals surface area contributed by atoms with Gasteiger partial charge in [-0.15, -0.1) is 13.2 Å². The molecule has 0 aromatic heterocycles. The lowest BCUT2D eigenvalue weighted by Crippen LogP contribution is -2.45. The molecule has 2 aromatic rings. The number of rotatable bonds is 6. The third-order valence-corrected chi connectivity index (χ3v) is 4.75. The van der Waals surface area contributed by atoms with Crippen molar-refractivity contribution in [3.05, 3.63) is 54.3 Å². The lowest BCUT2D eigenvalue weighted by Gasteiger charge is -2.28. The smallest absolute Gasteiger partial charge is 0.406 e. The minimum Gasteiger partial charge on any atom is -0.406 e. The summed E-state index contributed by atoms with van der Waals surface area (Å²) in [4.78, 5) is 12.5. The van der Waals surface area contributed by atoms with Crippen LogP contribution in [0.1, 0.15) is 6.92 Å². The number of nitrogens with one attached hydrogen (secondary N) is 1. The molecule has 6 nitrogen and oxygen atoms in total. The van der Waals surface area contributed by atoms with Crippen LogP contribution in [0.2, 0.25) is 0 Å². The molecule has 0 bridgehead atoms. The highest BCUT2D eigenvalue weighted by Crippen LogP contribution is 2.25. The van der Waals surface area contributed by atoms with Crippen LogP contribution in [-0.2, 0) is 14.8 Å². The van der Waals surface area contributed by atoms with E-state index in [-0.39, 0.29) is 11.4 Å². The normalized spacial score (nSPS) is 12.9. The number of anilines is 2. The molecule has 2 aromatic carbocycles. The standard InChI is InChI=1S/C17H16F4N2O4S/c1-11(23(28(2,25)26)14-5-3-4-12(18)10-14)16(24)22-13-6-8-15(9-7-13)27-17(19,20)21/h3-11H,1-2H3,(H,22,24)/t11-/m0/s1. The van der Waals surface area contributed by atoms with E-state index in [9.17, 15) is 30.8 Å². The Kier molecular flexibility index (Phi) is 6.17. The van der Waals surface area contributed by atoms with Gasteiger partial charge in [-0.25, -0.2) is 12.8 Å². The van der Waals surface area contributed by atoms with Gasteiger partial charge in [0.25, 0.3) is 0 Å². The zero-order chi connectivity index (χ0) is 21.1. The molecule has 2 rings (SSSR count). The second kappa shape index (κ2) is 8.05. The maximum atomic E-state index is 13.5. The van der Waals surface area contributed by atoms with Gasteiger partial charge in [0.15, 0.2) is 0 Å². The first-order valence-electron chi connectivity index (χ1n) is 7.78. The third kappa shape index (κ3) is 5.84. The van der Waals surface area contributed by atoms with Crippen LogP contribution in [-0.4, -0.2) is 33.0 Å². The second-order valence-electron chi connectivity index (χ2n) is 5.78. The zero-order valence-electron chi connectivity index (χ0n) is 14.7. The second-order valence-corrected chi connectivity index (χ2v) is 7.64. The maximum Gasteiger partial charge on any atom is 0.573 e. The summed E-state index contributed by atoms with van der Waals surface area (Å²) in [6, 6.07) is 7.78. The molecule has 1 atom stereocenters. The van der Waals surface area contributed by atoms with Gasteiger partial charge in [-0.3, -0.25) is 9.10 Å². The largest absolute Gasteiger partial charge is 0.573 e. The summed E-state index contributed by atoms with van der Waals surface area (Å²) in [6.07, 6.45) is -3.98. The van der Waals surface area contributed by atoms with Crippen molar-refractivity contribution in [3.63, 3.8) is 0 Å². The van der Waals surface area contributed by atoms with Crippen molar-refractivity contribution < 1.29 is 35.5 Å². The van der Waals surface area contributed by atoms with Gasteiger partial charge in [0.1, 0.15) is 17.6 Å². The fraction of sp³-hybridized carbons (Fsp3) is 0.235. The van der Waals surface area contributed by atoms with Crippen LogP contribution in [0.5, 0.6) is 5.75 Å². The SMILES string of the molecule is C[C@@H](C(=O)Nc1ccc(OC(F)(F)F)cc1)N(c1cccc(F)c1)S(C)(=O)=O. The molecule has 152 valence electrons. The highest BCUT2D eigenvalue weighted by Gasteiger charge is 2.31. The Morgan fingerprint density at radius 3 is 2.25 bits per heavy atom. The molecule has 28 heavy (non-hydrogen) atoms. The minimum absolute atomic E-state index is 0.0425. The number of carbonyl (C=O) groups is 1. The molecule has 0 aliphatic heterocycles. The molecule has 0 fully saturated rings. The van der Waals surface area contributed by atoms with E-state index in [4.69, 9.17) is 0 Å². The summed E-state index contributed by atoms with van der Waals surface area (Å²) < 4.78 is 78.7. The highest BCUT2D eigenvalue weighted by atomic mass is 32.2. The molecule has 1 N–H and O–H groups in total. The van der Waals surface area contributed by atoms with Crippen LogP contribution >= 0.6 is 0 Å². The molecule has 0 aliphatic rings. The lowest BCUT2D eigenvalue weighted by atomic mass is 10.2. The molecule has 11 heteroatoms. The summed E-state index contributed by atoms with van der Waals surface area (Å²) in [5, 5.41) is 2.39. The van der Waals surface area contributed by atoms with E-state index >= 15 is 0 Å². The number of hydrogen-bond donors (Lipinski definition) is 1. The minimum atomic E-state index is -4.85. The van der Waals surface area contributed by atoms with Crippen LogP contribution in [0.15, 0.2) is 48.5 Å². The molecule has 0 radical (unpaired) electrons. The van der Waals surface area contributed by atoms with E-state index in [1.165, 1.54) is 31.2 Å². The Hall–Kier alpha value is -2.82. The van der Waals surface area contributed by atoms with Gasteiger partial charge in [0.05, 0.1) is 11.9 Å². The van der Waals surface area contributed by atoms with Crippen molar-refractivity contribution in [2.45, 2.75) is 19.3 Å². The first-order valence-corrected chi connectivity index (χ1v) is 9.63. The topological polar surface area (TPSA) is 75.7 Å². The molecule has 0 unspecified atom stereocenters. The van der Waals surface area contributed by atoms with E-state index in [0.29, 0.717) is 0 Å². The van der Waals surface area contributed by atoms with Crippen molar-refractivity contribution in [3.8, 4) is 5.75 Å².